The molecule has 63 heavy (non-hydrogen) atoms. The third-order valence-corrected chi connectivity index (χ3v) is 15.7. The largest absolute Gasteiger partial charge is 0.363 e. The molecule has 4 aliphatic heterocycles. The average molecular weight is 966 g/mol. The molecule has 4 aliphatic rings. The maximum Gasteiger partial charge on any atom is 0.211 e. The summed E-state index contributed by atoms with van der Waals surface area (Å²) in [5, 5.41) is 5.71. The summed E-state index contributed by atoms with van der Waals surface area (Å²) in [5.74, 6) is 0.606. The van der Waals surface area contributed by atoms with Crippen molar-refractivity contribution in [2.24, 2.45) is 0 Å². The molecule has 0 radical (unpaired) electrons. The second-order valence-electron chi connectivity index (χ2n) is 16.5. The van der Waals surface area contributed by atoms with Gasteiger partial charge in [0.05, 0.1) is 35.3 Å². The number of halogens is 1. The fourth-order valence-electron chi connectivity index (χ4n) is 9.07. The molecule has 0 unspecified atom stereocenters. The number of H-pyrrole nitrogens is 2. The lowest BCUT2D eigenvalue weighted by Crippen LogP contribution is -2.41. The van der Waals surface area contributed by atoms with Crippen LogP contribution in [-0.2, 0) is 46.0 Å². The van der Waals surface area contributed by atoms with E-state index in [0.29, 0.717) is 44.2 Å². The fourth-order valence-corrected chi connectivity index (χ4v) is 11.3. The maximum atomic E-state index is 11.9. The molecule has 0 aliphatic carbocycles. The Morgan fingerprint density at radius 3 is 1.71 bits per heavy atom. The van der Waals surface area contributed by atoms with E-state index in [0.717, 1.165) is 101 Å². The number of aromatic amines is 2. The molecule has 6 aromatic heterocycles. The van der Waals surface area contributed by atoms with Gasteiger partial charge in [-0.3, -0.25) is 0 Å². The molecule has 10 rings (SSSR count). The van der Waals surface area contributed by atoms with Crippen molar-refractivity contribution in [3.8, 4) is 0 Å². The molecule has 3 N–H and O–H groups in total. The summed E-state index contributed by atoms with van der Waals surface area (Å²) < 4.78 is 51.1. The highest BCUT2D eigenvalue weighted by atomic mass is 79.9. The molecular weight excluding hydrogens is 905 g/mol. The van der Waals surface area contributed by atoms with Crippen molar-refractivity contribution in [1.29, 1.82) is 0 Å². The standard InChI is InChI=1S/C21H26N6O2S.C14H22N4O2S.C7H5BrN2.2CH4/c1-14-11-18-17(12-27(14)19-4-8-23-21-16(19)3-7-22-21)20(25-13-24-18)15-5-9-26(10-6-15)30(2,28)29;1-10-7-13-12(8-15-10)14(17-9-16-13)11-3-5-18(6-4-11)21(2,19)20;8-6-2-4-10-7-5(6)1-3-9-7;;/h3-4,7-8,13-15H,5-6,9-12H2,1-2H3,(H,22,23);9-11,15H,3-8H2,1-2H3;1-4H,(H,9,10);2*1H4/t14-;10-;;;/m11.../s1. The second kappa shape index (κ2) is 20.2. The van der Waals surface area contributed by atoms with E-state index in [1.54, 1.807) is 27.5 Å². The number of nitrogens with one attached hydrogen (secondary N) is 3. The van der Waals surface area contributed by atoms with Gasteiger partial charge in [-0.05, 0) is 79.7 Å². The molecule has 0 saturated carbocycles. The summed E-state index contributed by atoms with van der Waals surface area (Å²) in [4.78, 5) is 35.4. The van der Waals surface area contributed by atoms with Gasteiger partial charge < -0.3 is 20.2 Å². The fraction of sp³-hybridized carbons (Fsp3) is 0.500. The molecule has 19 heteroatoms. The zero-order chi connectivity index (χ0) is 42.9. The van der Waals surface area contributed by atoms with Gasteiger partial charge in [0.25, 0.3) is 0 Å². The summed E-state index contributed by atoms with van der Waals surface area (Å²) in [7, 11) is -6.20. The van der Waals surface area contributed by atoms with Gasteiger partial charge in [0.2, 0.25) is 20.0 Å². The minimum atomic E-state index is -3.13. The van der Waals surface area contributed by atoms with E-state index >= 15 is 0 Å². The Morgan fingerprint density at radius 1 is 0.651 bits per heavy atom. The maximum absolute atomic E-state index is 11.9. The van der Waals surface area contributed by atoms with E-state index < -0.39 is 20.0 Å². The van der Waals surface area contributed by atoms with Crippen LogP contribution in [0.2, 0.25) is 0 Å². The predicted molar refractivity (Wildman–Crippen MR) is 254 cm³/mol. The van der Waals surface area contributed by atoms with Crippen molar-refractivity contribution in [3.05, 3.63) is 100 Å². The van der Waals surface area contributed by atoms with Crippen molar-refractivity contribution < 1.29 is 16.8 Å². The minimum absolute atomic E-state index is 0. The van der Waals surface area contributed by atoms with Crippen molar-refractivity contribution in [3.63, 3.8) is 0 Å². The molecule has 2 saturated heterocycles. The molecule has 340 valence electrons. The van der Waals surface area contributed by atoms with Gasteiger partial charge in [-0.2, -0.15) is 0 Å². The van der Waals surface area contributed by atoms with E-state index in [1.165, 1.54) is 29.3 Å². The number of rotatable bonds is 5. The number of piperidine rings is 2. The molecule has 0 amide bonds. The highest BCUT2D eigenvalue weighted by molar-refractivity contribution is 9.10. The van der Waals surface area contributed by atoms with E-state index in [1.807, 2.05) is 30.7 Å². The lowest BCUT2D eigenvalue weighted by Gasteiger charge is -2.38. The first-order chi connectivity index (χ1) is 29.2. The molecule has 10 heterocycles. The van der Waals surface area contributed by atoms with Crippen LogP contribution in [0.15, 0.2) is 66.2 Å². The molecule has 2 atom stereocenters. The van der Waals surface area contributed by atoms with Crippen LogP contribution < -0.4 is 10.2 Å². The molecule has 0 spiro atoms. The van der Waals surface area contributed by atoms with Gasteiger partial charge in [-0.15, -0.1) is 0 Å². The van der Waals surface area contributed by atoms with Crippen LogP contribution in [0.3, 0.4) is 0 Å². The minimum Gasteiger partial charge on any atom is -0.363 e. The topological polar surface area (TPSA) is 199 Å². The van der Waals surface area contributed by atoms with Crippen molar-refractivity contribution in [1.82, 2.24) is 53.8 Å². The van der Waals surface area contributed by atoms with Gasteiger partial charge in [0, 0.05) is 133 Å². The Kier molecular flexibility index (Phi) is 15.4. The van der Waals surface area contributed by atoms with E-state index in [-0.39, 0.29) is 20.8 Å². The molecule has 0 aromatic carbocycles. The number of hydrogen-bond acceptors (Lipinski definition) is 12. The SMILES string of the molecule is Brc1ccnc2[nH]ccc12.C.C.C[C@@H]1Cc2ncnc(C3CCN(S(C)(=O)=O)CC3)c2CN1.C[C@@H]1Cc2ncnc(C3CCN(S(C)(=O)=O)CC3)c2CN1c1ccnc2[nH]ccc12. The Labute approximate surface area is 380 Å². The Bertz CT molecular complexity index is 2710. The summed E-state index contributed by atoms with van der Waals surface area (Å²) in [5.41, 5.74) is 9.89. The second-order valence-corrected chi connectivity index (χ2v) is 21.3. The first-order valence-electron chi connectivity index (χ1n) is 20.8. The van der Waals surface area contributed by atoms with E-state index in [4.69, 9.17) is 0 Å². The van der Waals surface area contributed by atoms with E-state index in [2.05, 4.69) is 92.0 Å². The van der Waals surface area contributed by atoms with Crippen LogP contribution in [0.1, 0.15) is 100 Å². The first-order valence-corrected chi connectivity index (χ1v) is 25.3. The monoisotopic (exact) mass is 964 g/mol. The van der Waals surface area contributed by atoms with Crippen LogP contribution in [0.5, 0.6) is 0 Å². The Balaban J connectivity index is 0.000000173. The lowest BCUT2D eigenvalue weighted by molar-refractivity contribution is 0.316. The number of anilines is 1. The summed E-state index contributed by atoms with van der Waals surface area (Å²) in [6, 6.07) is 8.83. The third-order valence-electron chi connectivity index (χ3n) is 12.4. The molecule has 2 fully saturated rings. The first kappa shape index (κ1) is 48.1. The summed E-state index contributed by atoms with van der Waals surface area (Å²) >= 11 is 3.42. The Morgan fingerprint density at radius 2 is 1.16 bits per heavy atom. The van der Waals surface area contributed by atoms with Crippen LogP contribution in [-0.4, -0.2) is 116 Å². The number of fused-ring (bicyclic) bond motifs is 4. The third kappa shape index (κ3) is 10.8. The summed E-state index contributed by atoms with van der Waals surface area (Å²) in [6.45, 7) is 8.25. The Hall–Kier alpha value is -4.40. The lowest BCUT2D eigenvalue weighted by atomic mass is 9.87. The van der Waals surface area contributed by atoms with Crippen molar-refractivity contribution in [2.45, 2.75) is 104 Å². The number of nitrogens with zero attached hydrogens (tertiary/aromatic N) is 9. The van der Waals surface area contributed by atoms with Crippen LogP contribution >= 0.6 is 15.9 Å². The van der Waals surface area contributed by atoms with Crippen LogP contribution in [0.4, 0.5) is 5.69 Å². The van der Waals surface area contributed by atoms with E-state index in [9.17, 15) is 16.8 Å². The quantitative estimate of drug-likeness (QED) is 0.166. The molecule has 16 nitrogen and oxygen atoms in total. The zero-order valence-electron chi connectivity index (χ0n) is 34.9. The number of pyridine rings is 2. The highest BCUT2D eigenvalue weighted by Crippen LogP contribution is 2.37. The highest BCUT2D eigenvalue weighted by Gasteiger charge is 2.33. The number of sulfonamides is 2. The van der Waals surface area contributed by atoms with Gasteiger partial charge in [-0.25, -0.2) is 55.3 Å². The smallest absolute Gasteiger partial charge is 0.211 e. The number of aromatic nitrogens is 8. The van der Waals surface area contributed by atoms with Crippen molar-refractivity contribution in [2.75, 3.05) is 43.6 Å². The summed E-state index contributed by atoms with van der Waals surface area (Å²) in [6.07, 6.45) is 18.4. The molecule has 6 aromatic rings. The van der Waals surface area contributed by atoms with Crippen LogP contribution in [0.25, 0.3) is 22.1 Å². The van der Waals surface area contributed by atoms with Gasteiger partial charge in [0.15, 0.2) is 0 Å². The normalized spacial score (nSPS) is 20.0. The van der Waals surface area contributed by atoms with Crippen molar-refractivity contribution >= 4 is 63.7 Å². The van der Waals surface area contributed by atoms with Gasteiger partial charge >= 0.3 is 0 Å². The van der Waals surface area contributed by atoms with Gasteiger partial charge in [0.1, 0.15) is 23.9 Å². The molecular formula is C44H61BrN12O4S2. The predicted octanol–water partition coefficient (Wildman–Crippen LogP) is 6.69. The number of hydrogen-bond donors (Lipinski definition) is 3. The zero-order valence-corrected chi connectivity index (χ0v) is 38.1. The molecule has 0 bridgehead atoms. The average Bonchev–Trinajstić information content (AvgIpc) is 3.94. The van der Waals surface area contributed by atoms with Gasteiger partial charge in [-0.1, -0.05) is 14.9 Å². The van der Waals surface area contributed by atoms with Crippen LogP contribution in [0, 0.1) is 0 Å².